The van der Waals surface area contributed by atoms with Crippen molar-refractivity contribution in [3.8, 4) is 0 Å². The molecule has 2 aromatic carbocycles. The zero-order valence-electron chi connectivity index (χ0n) is 14.1. The Balaban J connectivity index is 1.75. The molecule has 128 valence electrons. The zero-order valence-corrected chi connectivity index (χ0v) is 14.1. The minimum Gasteiger partial charge on any atom is -0.394 e. The zero-order chi connectivity index (χ0) is 16.6. The van der Waals surface area contributed by atoms with Crippen molar-refractivity contribution < 1.29 is 9.84 Å². The Morgan fingerprint density at radius 3 is 2.25 bits per heavy atom. The summed E-state index contributed by atoms with van der Waals surface area (Å²) >= 11 is 0. The lowest BCUT2D eigenvalue weighted by Gasteiger charge is -2.27. The Labute approximate surface area is 144 Å². The van der Waals surface area contributed by atoms with E-state index in [0.29, 0.717) is 13.2 Å². The van der Waals surface area contributed by atoms with E-state index in [-0.39, 0.29) is 6.61 Å². The summed E-state index contributed by atoms with van der Waals surface area (Å²) in [7, 11) is 0. The summed E-state index contributed by atoms with van der Waals surface area (Å²) in [6, 6.07) is 19.3. The molecule has 0 bridgehead atoms. The van der Waals surface area contributed by atoms with Crippen molar-refractivity contribution in [2.75, 3.05) is 49.3 Å². The fourth-order valence-electron chi connectivity index (χ4n) is 3.23. The molecule has 0 fully saturated rings. The van der Waals surface area contributed by atoms with Crippen LogP contribution in [0.25, 0.3) is 0 Å². The minimum absolute atomic E-state index is 0.0848. The van der Waals surface area contributed by atoms with Gasteiger partial charge in [-0.05, 0) is 24.1 Å². The quantitative estimate of drug-likeness (QED) is 0.794. The number of hydrogen-bond acceptors (Lipinski definition) is 4. The van der Waals surface area contributed by atoms with Crippen molar-refractivity contribution in [1.29, 1.82) is 0 Å². The lowest BCUT2D eigenvalue weighted by Crippen LogP contribution is -2.28. The van der Waals surface area contributed by atoms with Gasteiger partial charge in [0.1, 0.15) is 0 Å². The van der Waals surface area contributed by atoms with Crippen molar-refractivity contribution in [2.24, 2.45) is 0 Å². The van der Waals surface area contributed by atoms with Gasteiger partial charge in [-0.25, -0.2) is 0 Å². The van der Waals surface area contributed by atoms with Crippen molar-refractivity contribution in [1.82, 2.24) is 0 Å². The number of aliphatic hydroxyl groups excluding tert-OH is 1. The largest absolute Gasteiger partial charge is 0.394 e. The van der Waals surface area contributed by atoms with Gasteiger partial charge < -0.3 is 19.6 Å². The van der Waals surface area contributed by atoms with E-state index in [2.05, 4.69) is 64.4 Å². The molecule has 3 rings (SSSR count). The van der Waals surface area contributed by atoms with Crippen LogP contribution in [-0.2, 0) is 11.3 Å². The molecule has 4 heteroatoms. The van der Waals surface area contributed by atoms with Gasteiger partial charge in [-0.1, -0.05) is 42.5 Å². The number of aliphatic hydroxyl groups is 1. The third kappa shape index (κ3) is 4.28. The first kappa shape index (κ1) is 16.8. The Bertz CT molecular complexity index is 618. The maximum absolute atomic E-state index is 8.84. The number of hydrogen-bond donors (Lipinski definition) is 1. The first-order valence-electron chi connectivity index (χ1n) is 8.70. The van der Waals surface area contributed by atoms with Gasteiger partial charge in [-0.3, -0.25) is 0 Å². The highest BCUT2D eigenvalue weighted by Gasteiger charge is 2.20. The highest BCUT2D eigenvalue weighted by molar-refractivity contribution is 5.72. The average molecular weight is 326 g/mol. The molecule has 2 aromatic rings. The highest BCUT2D eigenvalue weighted by Crippen LogP contribution is 2.32. The van der Waals surface area contributed by atoms with Gasteiger partial charge in [0.05, 0.1) is 31.2 Å². The summed E-state index contributed by atoms with van der Waals surface area (Å²) in [6.07, 6.45) is 1.13. The molecular weight excluding hydrogens is 300 g/mol. The predicted molar refractivity (Wildman–Crippen MR) is 98.7 cm³/mol. The van der Waals surface area contributed by atoms with Crippen molar-refractivity contribution in [3.05, 3.63) is 60.2 Å². The van der Waals surface area contributed by atoms with Crippen LogP contribution in [0.2, 0.25) is 0 Å². The Morgan fingerprint density at radius 2 is 1.50 bits per heavy atom. The van der Waals surface area contributed by atoms with E-state index in [9.17, 15) is 0 Å². The predicted octanol–water partition coefficient (Wildman–Crippen LogP) is 2.91. The molecule has 1 aliphatic heterocycles. The fraction of sp³-hybridized carbons (Fsp3) is 0.400. The highest BCUT2D eigenvalue weighted by atomic mass is 16.5. The number of para-hydroxylation sites is 2. The van der Waals surface area contributed by atoms with Crippen molar-refractivity contribution in [3.63, 3.8) is 0 Å². The van der Waals surface area contributed by atoms with E-state index in [1.165, 1.54) is 16.9 Å². The smallest absolute Gasteiger partial charge is 0.0698 e. The SMILES string of the molecule is OCCOCCN1CCCN(Cc2ccccc2)c2ccccc21. The molecule has 0 atom stereocenters. The molecule has 0 saturated carbocycles. The first-order valence-corrected chi connectivity index (χ1v) is 8.70. The molecule has 24 heavy (non-hydrogen) atoms. The van der Waals surface area contributed by atoms with Gasteiger partial charge in [0, 0.05) is 26.2 Å². The molecule has 4 nitrogen and oxygen atoms in total. The fourth-order valence-corrected chi connectivity index (χ4v) is 3.23. The number of anilines is 2. The summed E-state index contributed by atoms with van der Waals surface area (Å²) in [6.45, 7) is 5.03. The molecule has 1 aliphatic rings. The molecule has 0 unspecified atom stereocenters. The van der Waals surface area contributed by atoms with Gasteiger partial charge >= 0.3 is 0 Å². The van der Waals surface area contributed by atoms with Crippen molar-refractivity contribution in [2.45, 2.75) is 13.0 Å². The molecule has 0 spiro atoms. The van der Waals surface area contributed by atoms with Crippen LogP contribution in [0.3, 0.4) is 0 Å². The van der Waals surface area contributed by atoms with Gasteiger partial charge in [0.15, 0.2) is 0 Å². The van der Waals surface area contributed by atoms with Gasteiger partial charge in [0.25, 0.3) is 0 Å². The molecule has 0 saturated heterocycles. The summed E-state index contributed by atoms with van der Waals surface area (Å²) in [5, 5.41) is 8.84. The summed E-state index contributed by atoms with van der Waals surface area (Å²) in [5.41, 5.74) is 3.91. The second-order valence-electron chi connectivity index (χ2n) is 6.07. The van der Waals surface area contributed by atoms with Crippen LogP contribution < -0.4 is 9.80 Å². The molecule has 0 aromatic heterocycles. The molecule has 1 N–H and O–H groups in total. The Hall–Kier alpha value is -2.04. The normalized spacial score (nSPS) is 14.4. The lowest BCUT2D eigenvalue weighted by molar-refractivity contribution is 0.0967. The number of fused-ring (bicyclic) bond motifs is 1. The minimum atomic E-state index is 0.0848. The molecule has 0 radical (unpaired) electrons. The Morgan fingerprint density at radius 1 is 0.833 bits per heavy atom. The van der Waals surface area contributed by atoms with Crippen LogP contribution in [-0.4, -0.2) is 44.6 Å². The second-order valence-corrected chi connectivity index (χ2v) is 6.07. The van der Waals surface area contributed by atoms with Crippen LogP contribution in [0.1, 0.15) is 12.0 Å². The Kier molecular flexibility index (Phi) is 6.10. The van der Waals surface area contributed by atoms with Gasteiger partial charge in [-0.2, -0.15) is 0 Å². The number of nitrogens with zero attached hydrogens (tertiary/aromatic N) is 2. The van der Waals surface area contributed by atoms with E-state index in [4.69, 9.17) is 9.84 Å². The van der Waals surface area contributed by atoms with E-state index in [1.54, 1.807) is 0 Å². The molecule has 1 heterocycles. The van der Waals surface area contributed by atoms with Crippen LogP contribution >= 0.6 is 0 Å². The standard InChI is InChI=1S/C20H26N2O2/c23-14-16-24-15-13-21-11-6-12-22(17-18-7-2-1-3-8-18)20-10-5-4-9-19(20)21/h1-5,7-10,23H,6,11-17H2. The number of ether oxygens (including phenoxy) is 1. The molecular formula is C20H26N2O2. The summed E-state index contributed by atoms with van der Waals surface area (Å²) in [5.74, 6) is 0. The van der Waals surface area contributed by atoms with E-state index in [1.807, 2.05) is 0 Å². The van der Waals surface area contributed by atoms with Gasteiger partial charge in [0.2, 0.25) is 0 Å². The maximum atomic E-state index is 8.84. The maximum Gasteiger partial charge on any atom is 0.0698 e. The van der Waals surface area contributed by atoms with Gasteiger partial charge in [-0.15, -0.1) is 0 Å². The lowest BCUT2D eigenvalue weighted by atomic mass is 10.2. The summed E-state index contributed by atoms with van der Waals surface area (Å²) < 4.78 is 5.46. The van der Waals surface area contributed by atoms with E-state index in [0.717, 1.165) is 32.6 Å². The van der Waals surface area contributed by atoms with Crippen LogP contribution in [0, 0.1) is 0 Å². The first-order chi connectivity index (χ1) is 11.9. The van der Waals surface area contributed by atoms with E-state index >= 15 is 0 Å². The van der Waals surface area contributed by atoms with Crippen LogP contribution in [0.4, 0.5) is 11.4 Å². The molecule has 0 amide bonds. The topological polar surface area (TPSA) is 35.9 Å². The third-order valence-corrected chi connectivity index (χ3v) is 4.38. The monoisotopic (exact) mass is 326 g/mol. The number of benzene rings is 2. The molecule has 0 aliphatic carbocycles. The van der Waals surface area contributed by atoms with Crippen molar-refractivity contribution >= 4 is 11.4 Å². The number of rotatable bonds is 7. The second kappa shape index (κ2) is 8.71. The third-order valence-electron chi connectivity index (χ3n) is 4.38. The van der Waals surface area contributed by atoms with Crippen LogP contribution in [0.15, 0.2) is 54.6 Å². The summed E-state index contributed by atoms with van der Waals surface area (Å²) in [4.78, 5) is 4.87. The average Bonchev–Trinajstić information content (AvgIpc) is 2.80. The van der Waals surface area contributed by atoms with E-state index < -0.39 is 0 Å². The van der Waals surface area contributed by atoms with Crippen LogP contribution in [0.5, 0.6) is 0 Å².